The highest BCUT2D eigenvalue weighted by molar-refractivity contribution is 6.31. The zero-order valence-corrected chi connectivity index (χ0v) is 11.1. The first-order chi connectivity index (χ1) is 8.21. The van der Waals surface area contributed by atoms with Crippen molar-refractivity contribution in [2.45, 2.75) is 5.60 Å². The lowest BCUT2D eigenvalue weighted by molar-refractivity contribution is 0.110. The number of piperidine rings is 1. The van der Waals surface area contributed by atoms with Crippen LogP contribution >= 0.6 is 24.0 Å². The third-order valence-corrected chi connectivity index (χ3v) is 4.41. The van der Waals surface area contributed by atoms with Crippen molar-refractivity contribution in [1.82, 2.24) is 15.5 Å². The monoisotopic (exact) mass is 285 g/mol. The minimum Gasteiger partial charge on any atom is -0.384 e. The van der Waals surface area contributed by atoms with Crippen LogP contribution in [0.15, 0.2) is 18.3 Å². The maximum absolute atomic E-state index is 10.8. The summed E-state index contributed by atoms with van der Waals surface area (Å²) in [4.78, 5) is 0. The van der Waals surface area contributed by atoms with Crippen molar-refractivity contribution in [3.63, 3.8) is 0 Å². The summed E-state index contributed by atoms with van der Waals surface area (Å²) in [5.41, 5.74) is 1.10. The molecule has 1 unspecified atom stereocenters. The van der Waals surface area contributed by atoms with Crippen LogP contribution in [-0.2, 0) is 5.60 Å². The van der Waals surface area contributed by atoms with E-state index in [1.807, 2.05) is 12.1 Å². The highest BCUT2D eigenvalue weighted by Gasteiger charge is 2.67. The Morgan fingerprint density at radius 3 is 2.78 bits per heavy atom. The molecule has 4 rings (SSSR count). The molecule has 6 heteroatoms. The Labute approximate surface area is 115 Å². The molecule has 2 fully saturated rings. The number of hydrogen-bond donors (Lipinski definition) is 3. The second kappa shape index (κ2) is 3.84. The number of fused-ring (bicyclic) bond motifs is 2. The lowest BCUT2D eigenvalue weighted by atomic mass is 9.99. The standard InChI is InChI=1S/C12H12ClN3O.ClH/c13-6-1-8(7-3-15-16-11(7)2-6)12(17)9-4-14-5-10(9)12;/h1-3,9-10,14,17H,4-5H2,(H,15,16);1H/t9-,10+,12?;. The Hall–Kier alpha value is -0.810. The third-order valence-electron chi connectivity index (χ3n) is 4.19. The van der Waals surface area contributed by atoms with Crippen LogP contribution in [0.5, 0.6) is 0 Å². The van der Waals surface area contributed by atoms with Crippen molar-refractivity contribution >= 4 is 34.9 Å². The van der Waals surface area contributed by atoms with E-state index >= 15 is 0 Å². The minimum absolute atomic E-state index is 0. The third kappa shape index (κ3) is 1.37. The van der Waals surface area contributed by atoms with E-state index < -0.39 is 5.60 Å². The number of halogens is 2. The van der Waals surface area contributed by atoms with Crippen LogP contribution in [0.3, 0.4) is 0 Å². The molecular weight excluding hydrogens is 273 g/mol. The zero-order valence-electron chi connectivity index (χ0n) is 9.48. The van der Waals surface area contributed by atoms with Gasteiger partial charge in [-0.2, -0.15) is 5.10 Å². The largest absolute Gasteiger partial charge is 0.384 e. The SMILES string of the molecule is Cl.OC1(c2cc(Cl)cc3[nH]ncc23)[C@@H]2CNC[C@@H]21. The van der Waals surface area contributed by atoms with Crippen LogP contribution in [0, 0.1) is 11.8 Å². The van der Waals surface area contributed by atoms with Crippen molar-refractivity contribution in [1.29, 1.82) is 0 Å². The number of rotatable bonds is 1. The summed E-state index contributed by atoms with van der Waals surface area (Å²) >= 11 is 6.10. The molecule has 1 aliphatic carbocycles. The van der Waals surface area contributed by atoms with Gasteiger partial charge >= 0.3 is 0 Å². The summed E-state index contributed by atoms with van der Waals surface area (Å²) < 4.78 is 0. The summed E-state index contributed by atoms with van der Waals surface area (Å²) in [6, 6.07) is 3.71. The number of aromatic amines is 1. The topological polar surface area (TPSA) is 60.9 Å². The molecule has 1 aromatic carbocycles. The van der Waals surface area contributed by atoms with Crippen molar-refractivity contribution in [2.75, 3.05) is 13.1 Å². The predicted octanol–water partition coefficient (Wildman–Crippen LogP) is 1.67. The Bertz CT molecular complexity index is 602. The second-order valence-corrected chi connectivity index (χ2v) is 5.42. The van der Waals surface area contributed by atoms with Gasteiger partial charge in [-0.25, -0.2) is 0 Å². The van der Waals surface area contributed by atoms with E-state index in [2.05, 4.69) is 15.5 Å². The Morgan fingerprint density at radius 2 is 2.06 bits per heavy atom. The molecule has 0 bridgehead atoms. The normalized spacial score (nSPS) is 33.2. The molecule has 1 saturated heterocycles. The van der Waals surface area contributed by atoms with Gasteiger partial charge in [0.05, 0.1) is 17.3 Å². The van der Waals surface area contributed by atoms with Gasteiger partial charge in [-0.1, -0.05) is 11.6 Å². The molecule has 3 N–H and O–H groups in total. The van der Waals surface area contributed by atoms with E-state index in [4.69, 9.17) is 11.6 Å². The van der Waals surface area contributed by atoms with Gasteiger partial charge in [0.1, 0.15) is 0 Å². The molecule has 0 radical (unpaired) electrons. The Balaban J connectivity index is 0.000001000. The maximum atomic E-state index is 10.8. The molecule has 1 aromatic heterocycles. The number of aromatic nitrogens is 2. The second-order valence-electron chi connectivity index (χ2n) is 4.98. The molecule has 0 amide bonds. The van der Waals surface area contributed by atoms with Gasteiger partial charge in [-0.3, -0.25) is 5.10 Å². The van der Waals surface area contributed by atoms with Gasteiger partial charge in [0.2, 0.25) is 0 Å². The first kappa shape index (κ1) is 12.2. The highest BCUT2D eigenvalue weighted by Crippen LogP contribution is 2.60. The highest BCUT2D eigenvalue weighted by atomic mass is 35.5. The van der Waals surface area contributed by atoms with Crippen LogP contribution in [0.2, 0.25) is 5.02 Å². The van der Waals surface area contributed by atoms with Gasteiger partial charge < -0.3 is 10.4 Å². The van der Waals surface area contributed by atoms with Gasteiger partial charge in [0.25, 0.3) is 0 Å². The Kier molecular flexibility index (Phi) is 2.61. The minimum atomic E-state index is -0.710. The van der Waals surface area contributed by atoms with Gasteiger partial charge in [0.15, 0.2) is 0 Å². The Morgan fingerprint density at radius 1 is 1.33 bits per heavy atom. The summed E-state index contributed by atoms with van der Waals surface area (Å²) in [5.74, 6) is 0.637. The van der Waals surface area contributed by atoms with Crippen molar-refractivity contribution in [2.24, 2.45) is 11.8 Å². The molecule has 2 heterocycles. The van der Waals surface area contributed by atoms with Crippen LogP contribution in [0.4, 0.5) is 0 Å². The number of nitrogens with one attached hydrogen (secondary N) is 2. The zero-order chi connectivity index (χ0) is 11.6. The molecule has 2 aromatic rings. The van der Waals surface area contributed by atoms with E-state index in [1.54, 1.807) is 6.20 Å². The fourth-order valence-electron chi connectivity index (χ4n) is 3.26. The summed E-state index contributed by atoms with van der Waals surface area (Å²) in [5, 5.41) is 22.6. The summed E-state index contributed by atoms with van der Waals surface area (Å²) in [7, 11) is 0. The molecule has 0 spiro atoms. The molecule has 18 heavy (non-hydrogen) atoms. The molecule has 1 saturated carbocycles. The first-order valence-corrected chi connectivity index (χ1v) is 6.15. The number of H-pyrrole nitrogens is 1. The number of nitrogens with zero attached hydrogens (tertiary/aromatic N) is 1. The van der Waals surface area contributed by atoms with Gasteiger partial charge in [-0.15, -0.1) is 12.4 Å². The van der Waals surface area contributed by atoms with Crippen LogP contribution in [-0.4, -0.2) is 28.4 Å². The lowest BCUT2D eigenvalue weighted by Crippen LogP contribution is -2.25. The fraction of sp³-hybridized carbons (Fsp3) is 0.417. The molecule has 2 aliphatic rings. The summed E-state index contributed by atoms with van der Waals surface area (Å²) in [6.45, 7) is 1.76. The van der Waals surface area contributed by atoms with E-state index in [-0.39, 0.29) is 12.4 Å². The van der Waals surface area contributed by atoms with E-state index in [9.17, 15) is 5.11 Å². The predicted molar refractivity (Wildman–Crippen MR) is 72.1 cm³/mol. The van der Waals surface area contributed by atoms with E-state index in [0.29, 0.717) is 16.9 Å². The first-order valence-electron chi connectivity index (χ1n) is 5.77. The lowest BCUT2D eigenvalue weighted by Gasteiger charge is -2.16. The number of aliphatic hydroxyl groups is 1. The van der Waals surface area contributed by atoms with Gasteiger partial charge in [-0.05, 0) is 17.7 Å². The van der Waals surface area contributed by atoms with Crippen LogP contribution in [0.1, 0.15) is 5.56 Å². The number of hydrogen-bond acceptors (Lipinski definition) is 3. The molecule has 96 valence electrons. The molecule has 4 nitrogen and oxygen atoms in total. The van der Waals surface area contributed by atoms with Crippen molar-refractivity contribution < 1.29 is 5.11 Å². The van der Waals surface area contributed by atoms with Gasteiger partial charge in [0, 0.05) is 35.3 Å². The number of benzene rings is 1. The molecule has 1 aliphatic heterocycles. The van der Waals surface area contributed by atoms with Crippen LogP contribution in [0.25, 0.3) is 10.9 Å². The fourth-order valence-corrected chi connectivity index (χ4v) is 3.48. The van der Waals surface area contributed by atoms with E-state index in [1.165, 1.54) is 0 Å². The van der Waals surface area contributed by atoms with Crippen molar-refractivity contribution in [3.8, 4) is 0 Å². The van der Waals surface area contributed by atoms with Crippen LogP contribution < -0.4 is 5.32 Å². The average Bonchev–Trinajstić information content (AvgIpc) is 2.79. The smallest absolute Gasteiger partial charge is 0.0993 e. The maximum Gasteiger partial charge on any atom is 0.0993 e. The summed E-state index contributed by atoms with van der Waals surface area (Å²) in [6.07, 6.45) is 1.76. The molecule has 3 atom stereocenters. The molecular formula is C12H13Cl2N3O. The van der Waals surface area contributed by atoms with E-state index in [0.717, 1.165) is 29.6 Å². The van der Waals surface area contributed by atoms with Crippen molar-refractivity contribution in [3.05, 3.63) is 28.9 Å². The average molecular weight is 286 g/mol. The quantitative estimate of drug-likeness (QED) is 0.747.